The molecule has 0 bridgehead atoms. The van der Waals surface area contributed by atoms with Crippen molar-refractivity contribution < 1.29 is 0 Å². The zero-order chi connectivity index (χ0) is 11.5. The Morgan fingerprint density at radius 3 is 2.44 bits per heavy atom. The van der Waals surface area contributed by atoms with Crippen LogP contribution in [0.5, 0.6) is 0 Å². The Balaban J connectivity index is 2.39. The number of benzene rings is 2. The van der Waals surface area contributed by atoms with Gasteiger partial charge in [-0.15, -0.1) is 0 Å². The molecule has 0 aliphatic rings. The molecule has 0 radical (unpaired) electrons. The van der Waals surface area contributed by atoms with Crippen molar-refractivity contribution in [2.24, 2.45) is 0 Å². The van der Waals surface area contributed by atoms with Gasteiger partial charge in [0.1, 0.15) is 0 Å². The first kappa shape index (κ1) is 11.2. The minimum absolute atomic E-state index is 0.508. The molecule has 1 atom stereocenters. The van der Waals surface area contributed by atoms with Gasteiger partial charge >= 0.3 is 0 Å². The van der Waals surface area contributed by atoms with Gasteiger partial charge in [-0.25, -0.2) is 0 Å². The van der Waals surface area contributed by atoms with E-state index in [1.807, 2.05) is 0 Å². The second-order valence-corrected chi connectivity index (χ2v) is 5.57. The first-order chi connectivity index (χ1) is 7.68. The Morgan fingerprint density at radius 2 is 1.75 bits per heavy atom. The molecule has 0 spiro atoms. The van der Waals surface area contributed by atoms with E-state index < -0.39 is 0 Å². The van der Waals surface area contributed by atoms with Gasteiger partial charge in [-0.3, -0.25) is 0 Å². The fourth-order valence-corrected chi connectivity index (χ4v) is 2.98. The molecule has 0 amide bonds. The quantitative estimate of drug-likeness (QED) is 0.688. The summed E-state index contributed by atoms with van der Waals surface area (Å²) in [5.41, 5.74) is 4.25. The van der Waals surface area contributed by atoms with E-state index in [9.17, 15) is 0 Å². The third-order valence-corrected chi connectivity index (χ3v) is 4.11. The van der Waals surface area contributed by atoms with Crippen molar-refractivity contribution in [3.05, 3.63) is 65.2 Å². The van der Waals surface area contributed by atoms with Crippen molar-refractivity contribution in [2.75, 3.05) is 0 Å². The van der Waals surface area contributed by atoms with Gasteiger partial charge in [0.15, 0.2) is 0 Å². The number of rotatable bonds is 2. The molecule has 2 aromatic carbocycles. The Kier molecular flexibility index (Phi) is 3.25. The molecule has 0 aliphatic carbocycles. The molecule has 0 aromatic heterocycles. The van der Waals surface area contributed by atoms with Crippen LogP contribution in [0.3, 0.4) is 0 Å². The average Bonchev–Trinajstić information content (AvgIpc) is 2.29. The highest BCUT2D eigenvalue weighted by Gasteiger charge is 2.09. The van der Waals surface area contributed by atoms with Crippen LogP contribution < -0.4 is 5.19 Å². The highest BCUT2D eigenvalue weighted by atomic mass is 28.1. The molecule has 1 unspecified atom stereocenters. The lowest BCUT2D eigenvalue weighted by molar-refractivity contribution is 0.927. The summed E-state index contributed by atoms with van der Waals surface area (Å²) in [4.78, 5) is 0. The average molecular weight is 226 g/mol. The van der Waals surface area contributed by atoms with E-state index in [0.29, 0.717) is 5.92 Å². The van der Waals surface area contributed by atoms with E-state index in [1.165, 1.54) is 21.9 Å². The van der Waals surface area contributed by atoms with E-state index in [0.717, 1.165) is 10.2 Å². The predicted molar refractivity (Wildman–Crippen MR) is 74.7 cm³/mol. The molecule has 0 heterocycles. The SMILES string of the molecule is Cc1cccc(C(C)c2ccccc2[SiH3])c1. The van der Waals surface area contributed by atoms with Crippen LogP contribution in [0.25, 0.3) is 0 Å². The van der Waals surface area contributed by atoms with Crippen molar-refractivity contribution in [1.82, 2.24) is 0 Å². The fourth-order valence-electron chi connectivity index (χ4n) is 2.19. The lowest BCUT2D eigenvalue weighted by Gasteiger charge is -2.15. The van der Waals surface area contributed by atoms with E-state index in [2.05, 4.69) is 62.4 Å². The Bertz CT molecular complexity index is 488. The summed E-state index contributed by atoms with van der Waals surface area (Å²) in [6.45, 7) is 4.45. The summed E-state index contributed by atoms with van der Waals surface area (Å²) in [7, 11) is 1.12. The van der Waals surface area contributed by atoms with Crippen LogP contribution in [0, 0.1) is 6.92 Å². The summed E-state index contributed by atoms with van der Waals surface area (Å²) >= 11 is 0. The molecule has 0 aliphatic heterocycles. The molecule has 16 heavy (non-hydrogen) atoms. The molecular weight excluding hydrogens is 208 g/mol. The van der Waals surface area contributed by atoms with Gasteiger partial charge in [0, 0.05) is 16.2 Å². The van der Waals surface area contributed by atoms with Crippen molar-refractivity contribution in [1.29, 1.82) is 0 Å². The molecule has 0 N–H and O–H groups in total. The summed E-state index contributed by atoms with van der Waals surface area (Å²) in [6.07, 6.45) is 0. The lowest BCUT2D eigenvalue weighted by atomic mass is 9.92. The minimum atomic E-state index is 0.508. The number of hydrogen-bond donors (Lipinski definition) is 0. The third-order valence-electron chi connectivity index (χ3n) is 3.20. The van der Waals surface area contributed by atoms with E-state index in [-0.39, 0.29) is 0 Å². The van der Waals surface area contributed by atoms with E-state index in [1.54, 1.807) is 0 Å². The summed E-state index contributed by atoms with van der Waals surface area (Å²) in [6, 6.07) is 17.6. The highest BCUT2D eigenvalue weighted by molar-refractivity contribution is 6.33. The van der Waals surface area contributed by atoms with Gasteiger partial charge < -0.3 is 0 Å². The van der Waals surface area contributed by atoms with E-state index in [4.69, 9.17) is 0 Å². The van der Waals surface area contributed by atoms with Crippen molar-refractivity contribution in [3.8, 4) is 0 Å². The number of hydrogen-bond acceptors (Lipinski definition) is 0. The Morgan fingerprint density at radius 1 is 1.00 bits per heavy atom. The zero-order valence-electron chi connectivity index (χ0n) is 10.2. The molecule has 2 rings (SSSR count). The second-order valence-electron chi connectivity index (χ2n) is 4.49. The minimum Gasteiger partial charge on any atom is -0.0670 e. The van der Waals surface area contributed by atoms with Crippen LogP contribution in [0.15, 0.2) is 48.5 Å². The van der Waals surface area contributed by atoms with Crippen LogP contribution >= 0.6 is 0 Å². The van der Waals surface area contributed by atoms with Gasteiger partial charge in [-0.05, 0) is 18.1 Å². The molecule has 0 fully saturated rings. The molecular formula is C15H18Si. The normalized spacial score (nSPS) is 12.6. The molecule has 0 saturated heterocycles. The molecule has 2 aromatic rings. The lowest BCUT2D eigenvalue weighted by Crippen LogP contribution is -2.13. The number of aryl methyl sites for hydroxylation is 1. The predicted octanol–water partition coefficient (Wildman–Crippen LogP) is 2.14. The van der Waals surface area contributed by atoms with Crippen LogP contribution in [-0.4, -0.2) is 10.2 Å². The van der Waals surface area contributed by atoms with Gasteiger partial charge in [-0.2, -0.15) is 0 Å². The first-order valence-electron chi connectivity index (χ1n) is 5.80. The summed E-state index contributed by atoms with van der Waals surface area (Å²) in [5.74, 6) is 0.508. The van der Waals surface area contributed by atoms with Crippen molar-refractivity contribution in [3.63, 3.8) is 0 Å². The topological polar surface area (TPSA) is 0 Å². The third kappa shape index (κ3) is 2.25. The smallest absolute Gasteiger partial charge is 0.0388 e. The molecule has 0 nitrogen and oxygen atoms in total. The largest absolute Gasteiger partial charge is 0.0670 e. The maximum Gasteiger partial charge on any atom is 0.0388 e. The maximum absolute atomic E-state index is 2.30. The maximum atomic E-state index is 2.30. The van der Waals surface area contributed by atoms with E-state index >= 15 is 0 Å². The zero-order valence-corrected chi connectivity index (χ0v) is 12.2. The van der Waals surface area contributed by atoms with Crippen LogP contribution in [0.1, 0.15) is 29.5 Å². The fraction of sp³-hybridized carbons (Fsp3) is 0.200. The monoisotopic (exact) mass is 226 g/mol. The molecule has 0 saturated carbocycles. The van der Waals surface area contributed by atoms with Gasteiger partial charge in [-0.1, -0.05) is 66.2 Å². The van der Waals surface area contributed by atoms with Crippen LogP contribution in [0.2, 0.25) is 0 Å². The van der Waals surface area contributed by atoms with Gasteiger partial charge in [0.25, 0.3) is 0 Å². The first-order valence-corrected chi connectivity index (χ1v) is 6.80. The van der Waals surface area contributed by atoms with Gasteiger partial charge in [0.2, 0.25) is 0 Å². The Labute approximate surface area is 101 Å². The summed E-state index contributed by atoms with van der Waals surface area (Å²) < 4.78 is 0. The molecule has 82 valence electrons. The highest BCUT2D eigenvalue weighted by Crippen LogP contribution is 2.22. The van der Waals surface area contributed by atoms with Crippen LogP contribution in [0.4, 0.5) is 0 Å². The molecule has 1 heteroatoms. The van der Waals surface area contributed by atoms with Crippen LogP contribution in [-0.2, 0) is 0 Å². The second kappa shape index (κ2) is 4.66. The Hall–Kier alpha value is -1.34. The standard InChI is InChI=1S/C15H18Si/c1-11-6-5-7-13(10-11)12(2)14-8-3-4-9-15(14)16/h3-10,12H,1-2,16H3. The summed E-state index contributed by atoms with van der Waals surface area (Å²) in [5, 5.41) is 1.51. The van der Waals surface area contributed by atoms with Crippen molar-refractivity contribution >= 4 is 15.4 Å². The van der Waals surface area contributed by atoms with Gasteiger partial charge in [0.05, 0.1) is 0 Å². The van der Waals surface area contributed by atoms with Crippen molar-refractivity contribution in [2.45, 2.75) is 19.8 Å².